The molecule has 0 aromatic heterocycles. The Morgan fingerprint density at radius 3 is 1.33 bits per heavy atom. The van der Waals surface area contributed by atoms with E-state index in [4.69, 9.17) is 0 Å². The highest BCUT2D eigenvalue weighted by Gasteiger charge is 2.08. The molecule has 0 unspecified atom stereocenters. The molecule has 0 bridgehead atoms. The van der Waals surface area contributed by atoms with Gasteiger partial charge in [0, 0.05) is 60.0 Å². The van der Waals surface area contributed by atoms with E-state index in [9.17, 15) is 29.8 Å². The number of rotatable bonds is 11. The van der Waals surface area contributed by atoms with Gasteiger partial charge in [-0.3, -0.25) is 29.8 Å². The van der Waals surface area contributed by atoms with Crippen LogP contribution in [-0.2, 0) is 9.59 Å². The molecule has 0 saturated heterocycles. The molecule has 10 nitrogen and oxygen atoms in total. The van der Waals surface area contributed by atoms with Crippen molar-refractivity contribution in [1.29, 1.82) is 0 Å². The topological polar surface area (TPSA) is 144 Å². The number of nitro groups is 2. The van der Waals surface area contributed by atoms with Crippen LogP contribution >= 0.6 is 21.6 Å². The molecule has 0 spiro atoms. The SMILES string of the molecule is O=C(CCSSCCC(=O)Nc1ccc([N+](=O)[O-])cc1)Nc1ccc([N+](=O)[O-])cc1. The molecule has 2 aromatic carbocycles. The normalized spacial score (nSPS) is 10.3. The lowest BCUT2D eigenvalue weighted by molar-refractivity contribution is -0.385. The van der Waals surface area contributed by atoms with E-state index in [0.717, 1.165) is 0 Å². The number of benzene rings is 2. The number of carbonyl (C=O) groups is 2. The zero-order valence-corrected chi connectivity index (χ0v) is 17.2. The zero-order chi connectivity index (χ0) is 21.9. The van der Waals surface area contributed by atoms with Crippen molar-refractivity contribution in [2.75, 3.05) is 22.1 Å². The fraction of sp³-hybridized carbons (Fsp3) is 0.222. The Balaban J connectivity index is 1.57. The Labute approximate surface area is 179 Å². The van der Waals surface area contributed by atoms with Crippen LogP contribution in [0.25, 0.3) is 0 Å². The molecule has 0 aliphatic rings. The maximum atomic E-state index is 11.9. The Hall–Kier alpha value is -3.12. The number of nitrogens with zero attached hydrogens (tertiary/aromatic N) is 2. The molecular formula is C18H18N4O6S2. The number of nitrogens with one attached hydrogen (secondary N) is 2. The summed E-state index contributed by atoms with van der Waals surface area (Å²) in [6.45, 7) is 0. The van der Waals surface area contributed by atoms with Crippen molar-refractivity contribution in [3.05, 3.63) is 68.8 Å². The van der Waals surface area contributed by atoms with Crippen molar-refractivity contribution in [3.8, 4) is 0 Å². The minimum atomic E-state index is -0.508. The van der Waals surface area contributed by atoms with Crippen molar-refractivity contribution >= 4 is 56.2 Å². The minimum absolute atomic E-state index is 0.0439. The van der Waals surface area contributed by atoms with Crippen LogP contribution in [0.15, 0.2) is 48.5 Å². The van der Waals surface area contributed by atoms with Crippen molar-refractivity contribution in [2.24, 2.45) is 0 Å². The van der Waals surface area contributed by atoms with Crippen LogP contribution < -0.4 is 10.6 Å². The summed E-state index contributed by atoms with van der Waals surface area (Å²) in [5.41, 5.74) is 0.896. The largest absolute Gasteiger partial charge is 0.326 e. The second-order valence-electron chi connectivity index (χ2n) is 5.85. The van der Waals surface area contributed by atoms with Crippen molar-refractivity contribution in [3.63, 3.8) is 0 Å². The first-order valence-electron chi connectivity index (χ1n) is 8.68. The summed E-state index contributed by atoms with van der Waals surface area (Å²) in [7, 11) is 2.93. The molecule has 0 radical (unpaired) electrons. The number of non-ortho nitro benzene ring substituents is 2. The summed E-state index contributed by atoms with van der Waals surface area (Å²) >= 11 is 0. The van der Waals surface area contributed by atoms with Crippen molar-refractivity contribution in [2.45, 2.75) is 12.8 Å². The summed E-state index contributed by atoms with van der Waals surface area (Å²) in [6, 6.07) is 11.2. The Morgan fingerprint density at radius 2 is 1.03 bits per heavy atom. The first-order valence-corrected chi connectivity index (χ1v) is 11.2. The standard InChI is InChI=1S/C18H18N4O6S2/c23-17(19-13-1-5-15(6-2-13)21(25)26)9-11-29-30-12-10-18(24)20-14-3-7-16(8-4-14)22(27)28/h1-8H,9-12H2,(H,19,23)(H,20,24). The molecule has 0 aliphatic heterocycles. The van der Waals surface area contributed by atoms with E-state index in [1.165, 1.54) is 70.1 Å². The fourth-order valence-corrected chi connectivity index (χ4v) is 4.15. The molecule has 0 fully saturated rings. The maximum Gasteiger partial charge on any atom is 0.269 e. The van der Waals surface area contributed by atoms with Crippen LogP contribution in [0, 0.1) is 20.2 Å². The smallest absolute Gasteiger partial charge is 0.269 e. The van der Waals surface area contributed by atoms with Crippen LogP contribution in [0.5, 0.6) is 0 Å². The zero-order valence-electron chi connectivity index (χ0n) is 15.6. The van der Waals surface area contributed by atoms with E-state index in [-0.39, 0.29) is 36.0 Å². The molecule has 2 aromatic rings. The highest BCUT2D eigenvalue weighted by molar-refractivity contribution is 8.76. The van der Waals surface area contributed by atoms with E-state index >= 15 is 0 Å². The Morgan fingerprint density at radius 1 is 0.700 bits per heavy atom. The quantitative estimate of drug-likeness (QED) is 0.224. The van der Waals surface area contributed by atoms with Gasteiger partial charge in [0.2, 0.25) is 11.8 Å². The molecule has 30 heavy (non-hydrogen) atoms. The van der Waals surface area contributed by atoms with Crippen molar-refractivity contribution < 1.29 is 19.4 Å². The van der Waals surface area contributed by atoms with E-state index in [2.05, 4.69) is 10.6 Å². The minimum Gasteiger partial charge on any atom is -0.326 e. The molecule has 0 heterocycles. The first kappa shape index (κ1) is 23.2. The molecule has 12 heteroatoms. The lowest BCUT2D eigenvalue weighted by Gasteiger charge is -2.06. The van der Waals surface area contributed by atoms with E-state index < -0.39 is 9.85 Å². The molecule has 0 saturated carbocycles. The summed E-state index contributed by atoms with van der Waals surface area (Å²) in [4.78, 5) is 43.9. The molecular weight excluding hydrogens is 432 g/mol. The average Bonchev–Trinajstić information content (AvgIpc) is 2.71. The number of hydrogen-bond acceptors (Lipinski definition) is 8. The van der Waals surface area contributed by atoms with Gasteiger partial charge in [-0.2, -0.15) is 0 Å². The summed E-state index contributed by atoms with van der Waals surface area (Å²) in [5, 5.41) is 26.5. The summed E-state index contributed by atoms with van der Waals surface area (Å²) in [6.07, 6.45) is 0.535. The monoisotopic (exact) mass is 450 g/mol. The molecule has 158 valence electrons. The highest BCUT2D eigenvalue weighted by Crippen LogP contribution is 2.23. The van der Waals surface area contributed by atoms with Crippen LogP contribution in [0.4, 0.5) is 22.7 Å². The third-order valence-electron chi connectivity index (χ3n) is 3.63. The van der Waals surface area contributed by atoms with Gasteiger partial charge in [0.05, 0.1) is 9.85 Å². The molecule has 2 N–H and O–H groups in total. The average molecular weight is 450 g/mol. The third kappa shape index (κ3) is 8.09. The highest BCUT2D eigenvalue weighted by atomic mass is 33.1. The van der Waals surface area contributed by atoms with Crippen LogP contribution in [0.3, 0.4) is 0 Å². The number of amides is 2. The maximum absolute atomic E-state index is 11.9. The summed E-state index contributed by atoms with van der Waals surface area (Å²) < 4.78 is 0. The molecule has 0 aliphatic carbocycles. The Kier molecular flexibility index (Phi) is 9.09. The van der Waals surface area contributed by atoms with Gasteiger partial charge in [-0.1, -0.05) is 21.6 Å². The van der Waals surface area contributed by atoms with E-state index in [0.29, 0.717) is 22.9 Å². The molecule has 0 atom stereocenters. The number of carbonyl (C=O) groups excluding carboxylic acids is 2. The summed E-state index contributed by atoms with van der Waals surface area (Å²) in [5.74, 6) is 0.696. The van der Waals surface area contributed by atoms with Gasteiger partial charge in [0.15, 0.2) is 0 Å². The first-order chi connectivity index (χ1) is 14.3. The fourth-order valence-electron chi connectivity index (χ4n) is 2.17. The van der Waals surface area contributed by atoms with Gasteiger partial charge in [0.25, 0.3) is 11.4 Å². The predicted molar refractivity (Wildman–Crippen MR) is 118 cm³/mol. The lowest BCUT2D eigenvalue weighted by atomic mass is 10.3. The van der Waals surface area contributed by atoms with Gasteiger partial charge in [-0.15, -0.1) is 0 Å². The van der Waals surface area contributed by atoms with E-state index in [1.54, 1.807) is 0 Å². The second kappa shape index (κ2) is 11.8. The van der Waals surface area contributed by atoms with Crippen LogP contribution in [0.2, 0.25) is 0 Å². The number of nitro benzene ring substituents is 2. The van der Waals surface area contributed by atoms with Gasteiger partial charge in [-0.25, -0.2) is 0 Å². The van der Waals surface area contributed by atoms with Gasteiger partial charge < -0.3 is 10.6 Å². The second-order valence-corrected chi connectivity index (χ2v) is 8.55. The molecule has 2 rings (SSSR count). The predicted octanol–water partition coefficient (Wildman–Crippen LogP) is 4.24. The third-order valence-corrected chi connectivity index (χ3v) is 6.04. The van der Waals surface area contributed by atoms with Crippen molar-refractivity contribution in [1.82, 2.24) is 0 Å². The Bertz CT molecular complexity index is 830. The van der Waals surface area contributed by atoms with Crippen LogP contribution in [0.1, 0.15) is 12.8 Å². The van der Waals surface area contributed by atoms with Gasteiger partial charge in [-0.05, 0) is 24.3 Å². The van der Waals surface area contributed by atoms with Gasteiger partial charge in [0.1, 0.15) is 0 Å². The van der Waals surface area contributed by atoms with Crippen LogP contribution in [-0.4, -0.2) is 33.2 Å². The number of anilines is 2. The van der Waals surface area contributed by atoms with E-state index in [1.807, 2.05) is 0 Å². The molecule has 2 amide bonds. The lowest BCUT2D eigenvalue weighted by Crippen LogP contribution is -2.12. The van der Waals surface area contributed by atoms with Gasteiger partial charge >= 0.3 is 0 Å². The number of hydrogen-bond donors (Lipinski definition) is 2.